The van der Waals surface area contributed by atoms with E-state index in [9.17, 15) is 8.42 Å². The van der Waals surface area contributed by atoms with Crippen molar-refractivity contribution in [3.05, 3.63) is 59.6 Å². The maximum atomic E-state index is 13.2. The quantitative estimate of drug-likeness (QED) is 0.592. The zero-order chi connectivity index (χ0) is 21.0. The number of morpholine rings is 1. The zero-order valence-electron chi connectivity index (χ0n) is 16.3. The fourth-order valence-electron chi connectivity index (χ4n) is 3.18. The van der Waals surface area contributed by atoms with Gasteiger partial charge in [0.1, 0.15) is 0 Å². The monoisotopic (exact) mass is 447 g/mol. The van der Waals surface area contributed by atoms with Crippen molar-refractivity contribution in [3.8, 4) is 11.5 Å². The van der Waals surface area contributed by atoms with E-state index in [1.165, 1.54) is 24.3 Å². The van der Waals surface area contributed by atoms with E-state index in [2.05, 4.69) is 15.2 Å². The van der Waals surface area contributed by atoms with Crippen molar-refractivity contribution in [1.29, 1.82) is 0 Å². The molecule has 0 bridgehead atoms. The fraction of sp³-hybridized carbons (Fsp3) is 0.286. The Balaban J connectivity index is 1.63. The molecule has 1 aliphatic heterocycles. The molecule has 3 aromatic rings. The number of rotatable bonds is 7. The predicted molar refractivity (Wildman–Crippen MR) is 115 cm³/mol. The highest BCUT2D eigenvalue weighted by Crippen LogP contribution is 2.32. The number of nitrogens with one attached hydrogen (secondary N) is 1. The summed E-state index contributed by atoms with van der Waals surface area (Å²) in [4.78, 5) is 6.69. The van der Waals surface area contributed by atoms with E-state index in [0.29, 0.717) is 30.3 Å². The first-order valence-corrected chi connectivity index (χ1v) is 11.5. The second kappa shape index (κ2) is 9.18. The van der Waals surface area contributed by atoms with Gasteiger partial charge in [-0.2, -0.15) is 4.98 Å². The van der Waals surface area contributed by atoms with Crippen LogP contribution >= 0.6 is 11.6 Å². The summed E-state index contributed by atoms with van der Waals surface area (Å²) in [5.41, 5.74) is 0.700. The molecule has 0 atom stereocenters. The number of nitrogens with zero attached hydrogens (tertiary/aromatic N) is 2. The van der Waals surface area contributed by atoms with Crippen LogP contribution in [-0.2, 0) is 14.6 Å². The molecule has 0 spiro atoms. The van der Waals surface area contributed by atoms with E-state index in [-0.39, 0.29) is 21.7 Å². The van der Waals surface area contributed by atoms with Crippen molar-refractivity contribution in [2.24, 2.45) is 0 Å². The van der Waals surface area contributed by atoms with Crippen LogP contribution in [0, 0.1) is 0 Å². The zero-order valence-corrected chi connectivity index (χ0v) is 17.8. The van der Waals surface area contributed by atoms with E-state index in [1.54, 1.807) is 0 Å². The third-order valence-corrected chi connectivity index (χ3v) is 6.74. The summed E-state index contributed by atoms with van der Waals surface area (Å²) in [6, 6.07) is 15.2. The summed E-state index contributed by atoms with van der Waals surface area (Å²) in [5, 5.41) is 3.45. The topological polar surface area (TPSA) is 84.7 Å². The third kappa shape index (κ3) is 4.67. The van der Waals surface area contributed by atoms with Crippen molar-refractivity contribution < 1.29 is 17.6 Å². The molecule has 2 aromatic carbocycles. The van der Waals surface area contributed by atoms with Crippen LogP contribution in [0.1, 0.15) is 0 Å². The molecule has 0 saturated carbocycles. The first-order valence-electron chi connectivity index (χ1n) is 9.65. The molecule has 0 unspecified atom stereocenters. The van der Waals surface area contributed by atoms with E-state index in [1.807, 2.05) is 30.3 Å². The minimum absolute atomic E-state index is 0.107. The Kier molecular flexibility index (Phi) is 6.38. The summed E-state index contributed by atoms with van der Waals surface area (Å²) < 4.78 is 37.7. The number of benzene rings is 2. The SMILES string of the molecule is O=S(=O)(c1ccc(Cl)cc1)c1nc(-c2ccccc2)oc1NCCN1CCOCC1. The highest BCUT2D eigenvalue weighted by atomic mass is 35.5. The number of hydrogen-bond acceptors (Lipinski definition) is 7. The molecule has 1 aliphatic rings. The lowest BCUT2D eigenvalue weighted by atomic mass is 10.2. The van der Waals surface area contributed by atoms with Gasteiger partial charge in [-0.25, -0.2) is 8.42 Å². The summed E-state index contributed by atoms with van der Waals surface area (Å²) in [6.07, 6.45) is 0. The van der Waals surface area contributed by atoms with Crippen LogP contribution in [0.3, 0.4) is 0 Å². The maximum Gasteiger partial charge on any atom is 0.233 e. The molecule has 4 rings (SSSR count). The van der Waals surface area contributed by atoms with Crippen LogP contribution in [0.4, 0.5) is 5.88 Å². The Morgan fingerprint density at radius 3 is 2.43 bits per heavy atom. The van der Waals surface area contributed by atoms with E-state index < -0.39 is 9.84 Å². The smallest absolute Gasteiger partial charge is 0.233 e. The number of oxazole rings is 1. The number of ether oxygens (including phenoxy) is 1. The molecule has 0 radical (unpaired) electrons. The minimum atomic E-state index is -3.89. The van der Waals surface area contributed by atoms with Gasteiger partial charge in [0, 0.05) is 36.8 Å². The summed E-state index contributed by atoms with van der Waals surface area (Å²) in [6.45, 7) is 4.37. The second-order valence-electron chi connectivity index (χ2n) is 6.86. The Morgan fingerprint density at radius 1 is 1.03 bits per heavy atom. The van der Waals surface area contributed by atoms with Crippen LogP contribution in [0.25, 0.3) is 11.5 Å². The minimum Gasteiger partial charge on any atom is -0.419 e. The Hall–Kier alpha value is -2.39. The van der Waals surface area contributed by atoms with Crippen LogP contribution < -0.4 is 5.32 Å². The van der Waals surface area contributed by atoms with Crippen molar-refractivity contribution in [2.75, 3.05) is 44.7 Å². The van der Waals surface area contributed by atoms with Gasteiger partial charge in [-0.3, -0.25) is 4.90 Å². The molecule has 2 heterocycles. The number of aromatic nitrogens is 1. The number of halogens is 1. The maximum absolute atomic E-state index is 13.2. The van der Waals surface area contributed by atoms with Crippen LogP contribution in [-0.4, -0.2) is 57.7 Å². The lowest BCUT2D eigenvalue weighted by molar-refractivity contribution is 0.0398. The van der Waals surface area contributed by atoms with E-state index >= 15 is 0 Å². The normalized spacial score (nSPS) is 15.2. The van der Waals surface area contributed by atoms with Gasteiger partial charge in [0.25, 0.3) is 0 Å². The lowest BCUT2D eigenvalue weighted by Gasteiger charge is -2.26. The van der Waals surface area contributed by atoms with Gasteiger partial charge in [0.2, 0.25) is 26.6 Å². The molecular weight excluding hydrogens is 426 g/mol. The van der Waals surface area contributed by atoms with Crippen molar-refractivity contribution >= 4 is 27.3 Å². The van der Waals surface area contributed by atoms with Gasteiger partial charge in [-0.05, 0) is 36.4 Å². The largest absolute Gasteiger partial charge is 0.419 e. The second-order valence-corrected chi connectivity index (χ2v) is 9.16. The van der Waals surface area contributed by atoms with E-state index in [0.717, 1.165) is 19.6 Å². The Labute approximate surface area is 180 Å². The first-order chi connectivity index (χ1) is 14.5. The molecule has 1 aromatic heterocycles. The van der Waals surface area contributed by atoms with Gasteiger partial charge in [-0.1, -0.05) is 29.8 Å². The van der Waals surface area contributed by atoms with Crippen LogP contribution in [0.2, 0.25) is 5.02 Å². The molecule has 30 heavy (non-hydrogen) atoms. The highest BCUT2D eigenvalue weighted by molar-refractivity contribution is 7.91. The van der Waals surface area contributed by atoms with Crippen LogP contribution in [0.5, 0.6) is 0 Å². The number of anilines is 1. The van der Waals surface area contributed by atoms with Crippen molar-refractivity contribution in [2.45, 2.75) is 9.92 Å². The van der Waals surface area contributed by atoms with Gasteiger partial charge in [0.15, 0.2) is 0 Å². The number of hydrogen-bond donors (Lipinski definition) is 1. The predicted octanol–water partition coefficient (Wildman–Crippen LogP) is 3.57. The Bertz CT molecular complexity index is 1080. The molecule has 158 valence electrons. The molecular formula is C21H22ClN3O4S. The van der Waals surface area contributed by atoms with Crippen molar-refractivity contribution in [1.82, 2.24) is 9.88 Å². The van der Waals surface area contributed by atoms with Gasteiger partial charge < -0.3 is 14.5 Å². The van der Waals surface area contributed by atoms with Crippen molar-refractivity contribution in [3.63, 3.8) is 0 Å². The highest BCUT2D eigenvalue weighted by Gasteiger charge is 2.28. The lowest BCUT2D eigenvalue weighted by Crippen LogP contribution is -2.39. The Morgan fingerprint density at radius 2 is 1.73 bits per heavy atom. The summed E-state index contributed by atoms with van der Waals surface area (Å²) >= 11 is 5.91. The number of sulfone groups is 1. The molecule has 7 nitrogen and oxygen atoms in total. The average molecular weight is 448 g/mol. The van der Waals surface area contributed by atoms with Crippen LogP contribution in [0.15, 0.2) is 68.9 Å². The van der Waals surface area contributed by atoms with Gasteiger partial charge in [0.05, 0.1) is 18.1 Å². The fourth-order valence-corrected chi connectivity index (χ4v) is 4.59. The third-order valence-electron chi connectivity index (χ3n) is 4.81. The van der Waals surface area contributed by atoms with Gasteiger partial charge in [-0.15, -0.1) is 0 Å². The molecule has 9 heteroatoms. The molecule has 1 N–H and O–H groups in total. The van der Waals surface area contributed by atoms with Gasteiger partial charge >= 0.3 is 0 Å². The van der Waals surface area contributed by atoms with E-state index in [4.69, 9.17) is 20.8 Å². The molecule has 1 saturated heterocycles. The molecule has 1 fully saturated rings. The average Bonchev–Trinajstić information content (AvgIpc) is 3.21. The summed E-state index contributed by atoms with van der Waals surface area (Å²) in [5.74, 6) is 0.383. The standard InChI is InChI=1S/C21H22ClN3O4S/c22-17-6-8-18(9-7-17)30(26,27)21-20(23-10-11-25-12-14-28-15-13-25)29-19(24-21)16-4-2-1-3-5-16/h1-9,23H,10-15H2. The first kappa shape index (κ1) is 20.9. The summed E-state index contributed by atoms with van der Waals surface area (Å²) in [7, 11) is -3.89. The molecule has 0 aliphatic carbocycles. The molecule has 0 amide bonds.